The summed E-state index contributed by atoms with van der Waals surface area (Å²) in [6, 6.07) is 11.2. The molecule has 1 aliphatic rings. The largest absolute Gasteiger partial charge is 0.383 e. The molecule has 3 unspecified atom stereocenters. The van der Waals surface area contributed by atoms with Crippen molar-refractivity contribution in [2.24, 2.45) is 0 Å². The molecule has 0 radical (unpaired) electrons. The Hall–Kier alpha value is -2.61. The number of nitrogens with one attached hydrogen (secondary N) is 4. The van der Waals surface area contributed by atoms with E-state index in [-0.39, 0.29) is 25.6 Å². The number of benzene rings is 2. The fraction of sp³-hybridized carbons (Fsp3) is 0.478. The van der Waals surface area contributed by atoms with Gasteiger partial charge in [-0.05, 0) is 16.3 Å². The Kier molecular flexibility index (Phi) is 9.55. The molecule has 1 heterocycles. The van der Waals surface area contributed by atoms with Gasteiger partial charge in [0, 0.05) is 20.1 Å². The van der Waals surface area contributed by atoms with Gasteiger partial charge >= 0.3 is 0 Å². The molecule has 0 aliphatic carbocycles. The third-order valence-electron chi connectivity index (χ3n) is 5.51. The predicted octanol–water partition coefficient (Wildman–Crippen LogP) is -0.798. The molecule has 3 rings (SSSR count). The van der Waals surface area contributed by atoms with Crippen LogP contribution in [0.3, 0.4) is 0 Å². The number of carbonyl (C=O) groups excluding carboxylic acids is 2. The van der Waals surface area contributed by atoms with Crippen molar-refractivity contribution in [3.05, 3.63) is 48.0 Å². The molecule has 192 valence electrons. The van der Waals surface area contributed by atoms with Gasteiger partial charge in [0.05, 0.1) is 38.2 Å². The van der Waals surface area contributed by atoms with E-state index in [2.05, 4.69) is 20.7 Å². The van der Waals surface area contributed by atoms with Crippen molar-refractivity contribution in [3.63, 3.8) is 0 Å². The first-order valence-corrected chi connectivity index (χ1v) is 13.1. The van der Waals surface area contributed by atoms with Gasteiger partial charge in [0.2, 0.25) is 21.8 Å². The molecule has 5 N–H and O–H groups in total. The summed E-state index contributed by atoms with van der Waals surface area (Å²) in [6.45, 7) is 0.914. The van der Waals surface area contributed by atoms with E-state index in [1.807, 2.05) is 42.5 Å². The smallest absolute Gasteiger partial charge is 0.239 e. The van der Waals surface area contributed by atoms with Crippen molar-refractivity contribution < 1.29 is 32.6 Å². The highest BCUT2D eigenvalue weighted by atomic mass is 32.2. The van der Waals surface area contributed by atoms with E-state index in [0.717, 1.165) is 22.6 Å². The van der Waals surface area contributed by atoms with Crippen LogP contribution in [0.25, 0.3) is 10.8 Å². The van der Waals surface area contributed by atoms with Crippen LogP contribution in [0.1, 0.15) is 12.0 Å². The van der Waals surface area contributed by atoms with Gasteiger partial charge in [-0.15, -0.1) is 0 Å². The maximum atomic E-state index is 12.9. The quantitative estimate of drug-likeness (QED) is 0.220. The minimum atomic E-state index is -3.76. The summed E-state index contributed by atoms with van der Waals surface area (Å²) in [5.74, 6) is -0.906. The van der Waals surface area contributed by atoms with Gasteiger partial charge in [-0.1, -0.05) is 42.5 Å². The van der Waals surface area contributed by atoms with Gasteiger partial charge in [0.25, 0.3) is 0 Å². The normalized spacial score (nSPS) is 16.8. The Morgan fingerprint density at radius 3 is 2.54 bits per heavy atom. The fourth-order valence-electron chi connectivity index (χ4n) is 3.74. The number of fused-ring (bicyclic) bond motifs is 1. The fourth-order valence-corrected chi connectivity index (χ4v) is 4.50. The van der Waals surface area contributed by atoms with Crippen molar-refractivity contribution in [3.8, 4) is 0 Å². The average molecular weight is 509 g/mol. The molecule has 0 aromatic heterocycles. The molecule has 0 bridgehead atoms. The van der Waals surface area contributed by atoms with E-state index in [9.17, 15) is 23.1 Å². The van der Waals surface area contributed by atoms with Gasteiger partial charge in [0.15, 0.2) is 0 Å². The SMILES string of the molecule is COCC(NC(O)C(CC(=O)NC1COC1)NS(C)(=O)=O)C(=O)NCc1cccc2ccccc12. The number of sulfonamides is 1. The Balaban J connectivity index is 1.64. The van der Waals surface area contributed by atoms with Gasteiger partial charge in [-0.3, -0.25) is 14.9 Å². The number of aliphatic hydroxyl groups excluding tert-OH is 1. The van der Waals surface area contributed by atoms with Crippen LogP contribution in [0.5, 0.6) is 0 Å². The molecule has 2 amide bonds. The number of amides is 2. The number of ether oxygens (including phenoxy) is 2. The van der Waals surface area contributed by atoms with Crippen molar-refractivity contribution >= 4 is 32.6 Å². The third-order valence-corrected chi connectivity index (χ3v) is 6.24. The second kappa shape index (κ2) is 12.4. The number of methoxy groups -OCH3 is 1. The molecule has 1 aliphatic heterocycles. The molecule has 2 aromatic rings. The lowest BCUT2D eigenvalue weighted by Gasteiger charge is -2.30. The zero-order valence-electron chi connectivity index (χ0n) is 19.7. The molecule has 12 heteroatoms. The van der Waals surface area contributed by atoms with E-state index in [1.54, 1.807) is 0 Å². The lowest BCUT2D eigenvalue weighted by Crippen LogP contribution is -2.59. The zero-order valence-corrected chi connectivity index (χ0v) is 20.5. The Morgan fingerprint density at radius 1 is 1.17 bits per heavy atom. The van der Waals surface area contributed by atoms with Gasteiger partial charge in [0.1, 0.15) is 12.3 Å². The minimum absolute atomic E-state index is 0.0877. The van der Waals surface area contributed by atoms with E-state index >= 15 is 0 Å². The van der Waals surface area contributed by atoms with Crippen molar-refractivity contribution in [1.82, 2.24) is 20.7 Å². The van der Waals surface area contributed by atoms with Crippen LogP contribution in [0.4, 0.5) is 0 Å². The van der Waals surface area contributed by atoms with Gasteiger partial charge in [-0.25, -0.2) is 13.1 Å². The molecular weight excluding hydrogens is 476 g/mol. The molecule has 1 fully saturated rings. The topological polar surface area (TPSA) is 155 Å². The van der Waals surface area contributed by atoms with Crippen LogP contribution in [0.2, 0.25) is 0 Å². The Labute approximate surface area is 204 Å². The Bertz CT molecular complexity index is 1120. The summed E-state index contributed by atoms with van der Waals surface area (Å²) >= 11 is 0. The van der Waals surface area contributed by atoms with Crippen molar-refractivity contribution in [2.45, 2.75) is 37.3 Å². The average Bonchev–Trinajstić information content (AvgIpc) is 2.78. The molecule has 2 aromatic carbocycles. The van der Waals surface area contributed by atoms with Crippen LogP contribution < -0.4 is 20.7 Å². The van der Waals surface area contributed by atoms with Gasteiger partial charge in [-0.2, -0.15) is 0 Å². The lowest BCUT2D eigenvalue weighted by molar-refractivity contribution is -0.127. The van der Waals surface area contributed by atoms with Crippen LogP contribution >= 0.6 is 0 Å². The predicted molar refractivity (Wildman–Crippen MR) is 130 cm³/mol. The summed E-state index contributed by atoms with van der Waals surface area (Å²) in [5, 5.41) is 21.0. The van der Waals surface area contributed by atoms with Crippen LogP contribution in [0, 0.1) is 0 Å². The highest BCUT2D eigenvalue weighted by molar-refractivity contribution is 7.88. The maximum absolute atomic E-state index is 12.9. The highest BCUT2D eigenvalue weighted by Gasteiger charge is 2.31. The summed E-state index contributed by atoms with van der Waals surface area (Å²) in [5.41, 5.74) is 0.918. The minimum Gasteiger partial charge on any atom is -0.383 e. The number of aliphatic hydroxyl groups is 1. The maximum Gasteiger partial charge on any atom is 0.239 e. The van der Waals surface area contributed by atoms with E-state index in [1.165, 1.54) is 7.11 Å². The third kappa shape index (κ3) is 8.23. The molecule has 1 saturated heterocycles. The summed E-state index contributed by atoms with van der Waals surface area (Å²) in [6.07, 6.45) is -0.959. The molecular formula is C23H32N4O7S. The highest BCUT2D eigenvalue weighted by Crippen LogP contribution is 2.18. The molecule has 3 atom stereocenters. The lowest BCUT2D eigenvalue weighted by atomic mass is 10.0. The van der Waals surface area contributed by atoms with E-state index < -0.39 is 40.1 Å². The van der Waals surface area contributed by atoms with E-state index in [4.69, 9.17) is 9.47 Å². The second-order valence-corrected chi connectivity index (χ2v) is 10.3. The van der Waals surface area contributed by atoms with Crippen LogP contribution in [0.15, 0.2) is 42.5 Å². The molecule has 11 nitrogen and oxygen atoms in total. The number of hydrogen-bond donors (Lipinski definition) is 5. The van der Waals surface area contributed by atoms with Crippen molar-refractivity contribution in [1.29, 1.82) is 0 Å². The summed E-state index contributed by atoms with van der Waals surface area (Å²) < 4.78 is 36.0. The standard InChI is InChI=1S/C23H32N4O7S/c1-33-14-20(22(29)24-11-16-8-5-7-15-6-3-4-9-18(15)16)26-23(30)19(27-35(2,31)32)10-21(28)25-17-12-34-13-17/h3-9,17,19-20,23,26-27,30H,10-14H2,1-2H3,(H,24,29)(H,25,28). The van der Waals surface area contributed by atoms with Crippen LogP contribution in [-0.2, 0) is 35.6 Å². The number of hydrogen-bond acceptors (Lipinski definition) is 8. The first kappa shape index (κ1) is 27.0. The molecule has 35 heavy (non-hydrogen) atoms. The molecule has 0 saturated carbocycles. The van der Waals surface area contributed by atoms with Crippen LogP contribution in [-0.4, -0.2) is 82.9 Å². The monoisotopic (exact) mass is 508 g/mol. The summed E-state index contributed by atoms with van der Waals surface area (Å²) in [4.78, 5) is 25.2. The zero-order chi connectivity index (χ0) is 25.4. The Morgan fingerprint density at radius 2 is 1.89 bits per heavy atom. The summed E-state index contributed by atoms with van der Waals surface area (Å²) in [7, 11) is -2.35. The number of carbonyl (C=O) groups is 2. The first-order valence-electron chi connectivity index (χ1n) is 11.2. The van der Waals surface area contributed by atoms with Crippen molar-refractivity contribution in [2.75, 3.05) is 33.2 Å². The first-order chi connectivity index (χ1) is 16.7. The molecule has 0 spiro atoms. The van der Waals surface area contributed by atoms with Gasteiger partial charge < -0.3 is 25.2 Å². The second-order valence-electron chi connectivity index (χ2n) is 8.48. The van der Waals surface area contributed by atoms with E-state index in [0.29, 0.717) is 13.2 Å². The number of rotatable bonds is 13.